The topological polar surface area (TPSA) is 74.7 Å². The average Bonchev–Trinajstić information content (AvgIpc) is 3.37. The molecule has 0 N–H and O–H groups in total. The van der Waals surface area contributed by atoms with Crippen LogP contribution in [0.15, 0.2) is 71.7 Å². The Hall–Kier alpha value is -3.02. The van der Waals surface area contributed by atoms with Gasteiger partial charge in [0.1, 0.15) is 0 Å². The van der Waals surface area contributed by atoms with Crippen LogP contribution < -0.4 is 31.0 Å². The van der Waals surface area contributed by atoms with Gasteiger partial charge in [0.25, 0.3) is 0 Å². The van der Waals surface area contributed by atoms with Crippen molar-refractivity contribution >= 4 is 41.0 Å². The number of carbonyl (C=O) groups is 2. The van der Waals surface area contributed by atoms with Gasteiger partial charge < -0.3 is 0 Å². The number of rotatable bonds is 7. The van der Waals surface area contributed by atoms with E-state index in [2.05, 4.69) is 0 Å². The number of ether oxygens (including phenoxy) is 2. The molecule has 3 amide bonds. The molecule has 8 nitrogen and oxygen atoms in total. The molecule has 2 aliphatic heterocycles. The maximum absolute atomic E-state index is 14.6. The Bertz CT molecular complexity index is 1480. The van der Waals surface area contributed by atoms with Crippen molar-refractivity contribution in [2.24, 2.45) is 4.99 Å². The number of urea groups is 1. The first-order valence-corrected chi connectivity index (χ1v) is 17.4. The van der Waals surface area contributed by atoms with Gasteiger partial charge in [0.05, 0.1) is 7.11 Å². The fourth-order valence-corrected chi connectivity index (χ4v) is 6.81. The summed E-state index contributed by atoms with van der Waals surface area (Å²) < 4.78 is 13.6. The predicted molar refractivity (Wildman–Crippen MR) is 160 cm³/mol. The zero-order chi connectivity index (χ0) is 30.0. The van der Waals surface area contributed by atoms with Crippen LogP contribution in [0.5, 0.6) is 11.5 Å². The summed E-state index contributed by atoms with van der Waals surface area (Å²) in [6.07, 6.45) is -0.135. The van der Waals surface area contributed by atoms with Crippen LogP contribution in [0.1, 0.15) is 42.6 Å². The Balaban J connectivity index is 1.68. The van der Waals surface area contributed by atoms with Gasteiger partial charge in [0, 0.05) is 0 Å². The predicted octanol–water partition coefficient (Wildman–Crippen LogP) is 3.23. The summed E-state index contributed by atoms with van der Waals surface area (Å²) in [4.78, 5) is 38.1. The average molecular weight is 722 g/mol. The van der Waals surface area contributed by atoms with E-state index in [0.29, 0.717) is 46.0 Å². The van der Waals surface area contributed by atoms with Gasteiger partial charge in [-0.05, 0) is 0 Å². The molecular weight excluding hydrogens is 690 g/mol. The molecule has 11 heteroatoms. The first kappa shape index (κ1) is 30.4. The molecule has 3 aromatic carbocycles. The molecule has 1 fully saturated rings. The second kappa shape index (κ2) is 13.1. The van der Waals surface area contributed by atoms with E-state index in [1.54, 1.807) is 23.0 Å². The molecule has 3 aromatic rings. The number of hydrogen-bond acceptors (Lipinski definition) is 5. The van der Waals surface area contributed by atoms with Crippen molar-refractivity contribution in [1.82, 2.24) is 12.9 Å². The van der Waals surface area contributed by atoms with Gasteiger partial charge in [0.2, 0.25) is 0 Å². The molecule has 0 aromatic heterocycles. The number of hydrogen-bond donors (Lipinski definition) is 0. The zero-order valence-corrected chi connectivity index (χ0v) is 27.4. The second-order valence-electron chi connectivity index (χ2n) is 10.2. The summed E-state index contributed by atoms with van der Waals surface area (Å²) in [7, 11) is 1.60. The summed E-state index contributed by atoms with van der Waals surface area (Å²) in [6.45, 7) is 4.87. The van der Waals surface area contributed by atoms with Crippen LogP contribution >= 0.6 is 23.2 Å². The van der Waals surface area contributed by atoms with E-state index in [9.17, 15) is 9.59 Å². The number of benzene rings is 3. The standard InChI is InChI=1S/C31H32Cl2IN4O4/c1-19(2)42-26-17-24(41-4)13-14-25(26)30-35-28(20-5-9-22(32)10-6-20)29(21-7-11-23(33)12-8-21)38(30)31(40)36-15-16-37(34-3)27(39)18-36/h5-14,17,19,28-29H,15-16,18H2,1-4H3/q-1/t28-,29+/m1/s1. The van der Waals surface area contributed by atoms with Crippen LogP contribution in [0, 0.1) is 0 Å². The van der Waals surface area contributed by atoms with E-state index >= 15 is 0 Å². The molecule has 5 rings (SSSR count). The van der Waals surface area contributed by atoms with Crippen molar-refractivity contribution < 1.29 is 40.5 Å². The van der Waals surface area contributed by atoms with E-state index in [0.717, 1.165) is 11.1 Å². The number of alkyl halides is 1. The van der Waals surface area contributed by atoms with Crippen LogP contribution in [-0.4, -0.2) is 68.5 Å². The van der Waals surface area contributed by atoms with Crippen molar-refractivity contribution in [3.63, 3.8) is 0 Å². The summed E-state index contributed by atoms with van der Waals surface area (Å²) in [5.74, 6) is 1.59. The quantitative estimate of drug-likeness (QED) is 0.214. The zero-order valence-electron chi connectivity index (χ0n) is 23.8. The first-order valence-electron chi connectivity index (χ1n) is 13.5. The minimum absolute atomic E-state index is 0.0209. The summed E-state index contributed by atoms with van der Waals surface area (Å²) in [6, 6.07) is 19.2. The van der Waals surface area contributed by atoms with E-state index in [4.69, 9.17) is 37.7 Å². The normalized spacial score (nSPS) is 19.0. The number of methoxy groups -OCH3 is 1. The van der Waals surface area contributed by atoms with Crippen molar-refractivity contribution in [3.8, 4) is 11.5 Å². The summed E-state index contributed by atoms with van der Waals surface area (Å²) >= 11 is 12.1. The Morgan fingerprint density at radius 1 is 0.976 bits per heavy atom. The van der Waals surface area contributed by atoms with Crippen molar-refractivity contribution in [2.45, 2.75) is 32.0 Å². The molecule has 2 atom stereocenters. The molecule has 0 unspecified atom stereocenters. The maximum atomic E-state index is 14.6. The van der Waals surface area contributed by atoms with Crippen LogP contribution in [0.3, 0.4) is 0 Å². The van der Waals surface area contributed by atoms with Crippen molar-refractivity contribution in [3.05, 3.63) is 93.5 Å². The van der Waals surface area contributed by atoms with E-state index in [-0.39, 0.29) is 24.6 Å². The van der Waals surface area contributed by atoms with Gasteiger partial charge in [-0.15, -0.1) is 0 Å². The molecule has 222 valence electrons. The number of amides is 3. The number of piperazine rings is 1. The van der Waals surface area contributed by atoms with Crippen LogP contribution in [0.25, 0.3) is 0 Å². The van der Waals surface area contributed by atoms with Gasteiger partial charge in [-0.25, -0.2) is 0 Å². The summed E-state index contributed by atoms with van der Waals surface area (Å²) in [5.41, 5.74) is 2.40. The Morgan fingerprint density at radius 3 is 2.19 bits per heavy atom. The fraction of sp³-hybridized carbons (Fsp3) is 0.323. The Kier molecular flexibility index (Phi) is 9.49. The molecule has 0 saturated carbocycles. The molecular formula is C31H32Cl2IN4O4-. The molecule has 1 saturated heterocycles. The number of amidine groups is 1. The SMILES string of the molecule is COc1ccc(C2=N[C@H](c3ccc(Cl)cc3)[C@H](c3ccc(Cl)cc3)N2C(=O)N2CCN([I-]C)C(=O)C2)c(OC(C)C)c1. The third-order valence-corrected chi connectivity index (χ3v) is 9.81. The fourth-order valence-electron chi connectivity index (χ4n) is 5.17. The van der Waals surface area contributed by atoms with E-state index < -0.39 is 33.6 Å². The summed E-state index contributed by atoms with van der Waals surface area (Å²) in [5, 5.41) is 1.20. The van der Waals surface area contributed by atoms with Gasteiger partial charge in [0.15, 0.2) is 0 Å². The third-order valence-electron chi connectivity index (χ3n) is 7.13. The third kappa shape index (κ3) is 6.33. The number of aliphatic imine (C=N–C) groups is 1. The van der Waals surface area contributed by atoms with Gasteiger partial charge in [-0.3, -0.25) is 0 Å². The van der Waals surface area contributed by atoms with Crippen molar-refractivity contribution in [1.29, 1.82) is 0 Å². The van der Waals surface area contributed by atoms with Crippen LogP contribution in [0.4, 0.5) is 4.79 Å². The van der Waals surface area contributed by atoms with E-state index in [1.807, 2.05) is 82.6 Å². The molecule has 42 heavy (non-hydrogen) atoms. The van der Waals surface area contributed by atoms with Gasteiger partial charge in [-0.2, -0.15) is 0 Å². The Labute approximate surface area is 266 Å². The Morgan fingerprint density at radius 2 is 1.62 bits per heavy atom. The van der Waals surface area contributed by atoms with Gasteiger partial charge >= 0.3 is 249 Å². The molecule has 2 aliphatic rings. The molecule has 0 spiro atoms. The van der Waals surface area contributed by atoms with Gasteiger partial charge in [-0.1, -0.05) is 11.6 Å². The number of carbonyl (C=O) groups excluding carboxylic acids is 2. The first-order chi connectivity index (χ1) is 20.2. The minimum atomic E-state index is -0.522. The monoisotopic (exact) mass is 721 g/mol. The van der Waals surface area contributed by atoms with Crippen LogP contribution in [-0.2, 0) is 4.79 Å². The second-order valence-corrected chi connectivity index (χ2v) is 13.2. The number of halogens is 3. The van der Waals surface area contributed by atoms with Crippen LogP contribution in [0.2, 0.25) is 10.0 Å². The van der Waals surface area contributed by atoms with E-state index in [1.165, 1.54) is 0 Å². The van der Waals surface area contributed by atoms with Crippen molar-refractivity contribution in [2.75, 3.05) is 31.7 Å². The molecule has 0 radical (unpaired) electrons. The molecule has 0 aliphatic carbocycles. The number of nitrogens with zero attached hydrogens (tertiary/aromatic N) is 4. The molecule has 2 heterocycles. The molecule has 0 bridgehead atoms.